The molecule has 0 bridgehead atoms. The van der Waals surface area contributed by atoms with Crippen molar-refractivity contribution in [3.8, 4) is 0 Å². The Bertz CT molecular complexity index is 883. The molecule has 144 valence electrons. The summed E-state index contributed by atoms with van der Waals surface area (Å²) in [5.74, 6) is 1.71. The quantitative estimate of drug-likeness (QED) is 0.313. The Morgan fingerprint density at radius 3 is 2.44 bits per heavy atom. The monoisotopic (exact) mass is 478 g/mol. The lowest BCUT2D eigenvalue weighted by Gasteiger charge is -2.12. The molecule has 0 atom stereocenters. The lowest BCUT2D eigenvalue weighted by atomic mass is 10.1. The molecule has 5 nitrogen and oxygen atoms in total. The van der Waals surface area contributed by atoms with Crippen LogP contribution in [0.1, 0.15) is 36.4 Å². The molecule has 0 spiro atoms. The van der Waals surface area contributed by atoms with Crippen LogP contribution in [0.4, 0.5) is 0 Å². The second kappa shape index (κ2) is 10.3. The highest BCUT2D eigenvalue weighted by molar-refractivity contribution is 14.0. The minimum Gasteiger partial charge on any atom is -0.361 e. The standard InChI is InChI=1S/C21H26N4O.HI/c1-4-19-18(20(5-2)26-25-19)14-24-21(22-3)23-13-15-10-11-16-8-6-7-9-17(16)12-15;/h6-12H,4-5,13-14H2,1-3H3,(H2,22,23,24);1H. The number of guanidine groups is 1. The predicted molar refractivity (Wildman–Crippen MR) is 122 cm³/mol. The Balaban J connectivity index is 0.00000261. The summed E-state index contributed by atoms with van der Waals surface area (Å²) in [5, 5.41) is 13.4. The molecular formula is C21H27IN4O. The van der Waals surface area contributed by atoms with E-state index in [1.165, 1.54) is 16.3 Å². The molecule has 6 heteroatoms. The zero-order chi connectivity index (χ0) is 18.4. The van der Waals surface area contributed by atoms with Crippen LogP contribution in [0.25, 0.3) is 10.8 Å². The van der Waals surface area contributed by atoms with E-state index in [9.17, 15) is 0 Å². The predicted octanol–water partition coefficient (Wildman–Crippen LogP) is 4.44. The number of nitrogens with zero attached hydrogens (tertiary/aromatic N) is 2. The molecule has 1 aromatic heterocycles. The summed E-state index contributed by atoms with van der Waals surface area (Å²) in [6.07, 6.45) is 1.71. The van der Waals surface area contributed by atoms with Crippen molar-refractivity contribution < 1.29 is 4.52 Å². The number of halogens is 1. The van der Waals surface area contributed by atoms with Crippen LogP contribution in [0.5, 0.6) is 0 Å². The van der Waals surface area contributed by atoms with Gasteiger partial charge < -0.3 is 15.2 Å². The van der Waals surface area contributed by atoms with Gasteiger partial charge in [0.2, 0.25) is 0 Å². The van der Waals surface area contributed by atoms with E-state index in [4.69, 9.17) is 4.52 Å². The number of hydrogen-bond acceptors (Lipinski definition) is 3. The second-order valence-corrected chi connectivity index (χ2v) is 6.20. The van der Waals surface area contributed by atoms with Crippen molar-refractivity contribution in [2.45, 2.75) is 39.8 Å². The molecule has 2 aromatic carbocycles. The van der Waals surface area contributed by atoms with Crippen molar-refractivity contribution in [1.29, 1.82) is 0 Å². The molecule has 0 radical (unpaired) electrons. The summed E-state index contributed by atoms with van der Waals surface area (Å²) in [6, 6.07) is 14.9. The first kappa shape index (κ1) is 21.2. The summed E-state index contributed by atoms with van der Waals surface area (Å²) in [5.41, 5.74) is 3.38. The van der Waals surface area contributed by atoms with Crippen molar-refractivity contribution in [1.82, 2.24) is 15.8 Å². The molecule has 0 amide bonds. The lowest BCUT2D eigenvalue weighted by molar-refractivity contribution is 0.380. The van der Waals surface area contributed by atoms with Crippen LogP contribution in [-0.2, 0) is 25.9 Å². The molecule has 0 saturated heterocycles. The fourth-order valence-corrected chi connectivity index (χ4v) is 3.07. The lowest BCUT2D eigenvalue weighted by Crippen LogP contribution is -2.36. The summed E-state index contributed by atoms with van der Waals surface area (Å²) in [4.78, 5) is 4.32. The normalized spacial score (nSPS) is 11.3. The number of benzene rings is 2. The maximum Gasteiger partial charge on any atom is 0.191 e. The summed E-state index contributed by atoms with van der Waals surface area (Å²) < 4.78 is 5.42. The molecule has 0 fully saturated rings. The van der Waals surface area contributed by atoms with Crippen molar-refractivity contribution in [3.63, 3.8) is 0 Å². The highest BCUT2D eigenvalue weighted by Crippen LogP contribution is 2.16. The van der Waals surface area contributed by atoms with Gasteiger partial charge in [0.1, 0.15) is 5.76 Å². The molecule has 0 aliphatic rings. The Hall–Kier alpha value is -2.09. The Labute approximate surface area is 177 Å². The number of aromatic nitrogens is 1. The Kier molecular flexibility index (Phi) is 8.09. The van der Waals surface area contributed by atoms with Crippen LogP contribution in [0.15, 0.2) is 52.0 Å². The first-order chi connectivity index (χ1) is 12.7. The average Bonchev–Trinajstić information content (AvgIpc) is 3.10. The molecule has 2 N–H and O–H groups in total. The van der Waals surface area contributed by atoms with E-state index in [2.05, 4.69) is 77.1 Å². The maximum atomic E-state index is 5.42. The molecular weight excluding hydrogens is 451 g/mol. The maximum absolute atomic E-state index is 5.42. The van der Waals surface area contributed by atoms with Crippen LogP contribution in [0.2, 0.25) is 0 Å². The Morgan fingerprint density at radius 1 is 1.00 bits per heavy atom. The number of hydrogen-bond donors (Lipinski definition) is 2. The fraction of sp³-hybridized carbons (Fsp3) is 0.333. The molecule has 3 aromatic rings. The van der Waals surface area contributed by atoms with Gasteiger partial charge in [-0.25, -0.2) is 0 Å². The molecule has 0 aliphatic heterocycles. The fourth-order valence-electron chi connectivity index (χ4n) is 3.07. The van der Waals surface area contributed by atoms with E-state index in [0.29, 0.717) is 6.54 Å². The molecule has 3 rings (SSSR count). The summed E-state index contributed by atoms with van der Waals surface area (Å²) in [7, 11) is 1.78. The second-order valence-electron chi connectivity index (χ2n) is 6.20. The van der Waals surface area contributed by atoms with E-state index in [1.807, 2.05) is 0 Å². The number of rotatable bonds is 6. The smallest absolute Gasteiger partial charge is 0.191 e. The van der Waals surface area contributed by atoms with Crippen LogP contribution in [0.3, 0.4) is 0 Å². The van der Waals surface area contributed by atoms with Crippen LogP contribution in [0, 0.1) is 0 Å². The molecule has 0 aliphatic carbocycles. The van der Waals surface area contributed by atoms with Gasteiger partial charge in [-0.3, -0.25) is 4.99 Å². The zero-order valence-electron chi connectivity index (χ0n) is 16.1. The molecule has 27 heavy (non-hydrogen) atoms. The number of fused-ring (bicyclic) bond motifs is 1. The van der Waals surface area contributed by atoms with Gasteiger partial charge >= 0.3 is 0 Å². The van der Waals surface area contributed by atoms with Gasteiger partial charge in [0.15, 0.2) is 5.96 Å². The summed E-state index contributed by atoms with van der Waals surface area (Å²) >= 11 is 0. The molecule has 1 heterocycles. The minimum atomic E-state index is 0. The van der Waals surface area contributed by atoms with Gasteiger partial charge in [0.25, 0.3) is 0 Å². The topological polar surface area (TPSA) is 62.5 Å². The number of aryl methyl sites for hydroxylation is 2. The minimum absolute atomic E-state index is 0. The van der Waals surface area contributed by atoms with E-state index in [1.54, 1.807) is 7.05 Å². The highest BCUT2D eigenvalue weighted by Gasteiger charge is 2.13. The van der Waals surface area contributed by atoms with Gasteiger partial charge in [-0.15, -0.1) is 24.0 Å². The summed E-state index contributed by atoms with van der Waals surface area (Å²) in [6.45, 7) is 5.55. The third-order valence-corrected chi connectivity index (χ3v) is 4.54. The van der Waals surface area contributed by atoms with E-state index >= 15 is 0 Å². The third kappa shape index (κ3) is 5.22. The third-order valence-electron chi connectivity index (χ3n) is 4.54. The van der Waals surface area contributed by atoms with Gasteiger partial charge in [-0.2, -0.15) is 0 Å². The SMILES string of the molecule is CCc1noc(CC)c1CNC(=NC)NCc1ccc2ccccc2c1.I. The van der Waals surface area contributed by atoms with Crippen LogP contribution in [-0.4, -0.2) is 18.2 Å². The molecule has 0 saturated carbocycles. The largest absolute Gasteiger partial charge is 0.361 e. The first-order valence-corrected chi connectivity index (χ1v) is 9.13. The van der Waals surface area contributed by atoms with Gasteiger partial charge in [-0.05, 0) is 28.8 Å². The van der Waals surface area contributed by atoms with Gasteiger partial charge in [-0.1, -0.05) is 55.4 Å². The van der Waals surface area contributed by atoms with Crippen molar-refractivity contribution in [3.05, 3.63) is 65.0 Å². The van der Waals surface area contributed by atoms with Crippen LogP contribution >= 0.6 is 24.0 Å². The van der Waals surface area contributed by atoms with Crippen LogP contribution < -0.4 is 10.6 Å². The van der Waals surface area contributed by atoms with Crippen molar-refractivity contribution >= 4 is 40.7 Å². The van der Waals surface area contributed by atoms with E-state index in [0.717, 1.165) is 42.4 Å². The average molecular weight is 478 g/mol. The van der Waals surface area contributed by atoms with Gasteiger partial charge in [0.05, 0.1) is 5.69 Å². The number of nitrogens with one attached hydrogen (secondary N) is 2. The van der Waals surface area contributed by atoms with Crippen molar-refractivity contribution in [2.75, 3.05) is 7.05 Å². The zero-order valence-corrected chi connectivity index (χ0v) is 18.4. The van der Waals surface area contributed by atoms with E-state index in [-0.39, 0.29) is 24.0 Å². The molecule has 0 unspecified atom stereocenters. The van der Waals surface area contributed by atoms with Crippen molar-refractivity contribution in [2.24, 2.45) is 4.99 Å². The number of aliphatic imine (C=N–C) groups is 1. The Morgan fingerprint density at radius 2 is 1.74 bits per heavy atom. The first-order valence-electron chi connectivity index (χ1n) is 9.13. The van der Waals surface area contributed by atoms with Gasteiger partial charge in [0, 0.05) is 32.1 Å². The highest BCUT2D eigenvalue weighted by atomic mass is 127. The van der Waals surface area contributed by atoms with E-state index < -0.39 is 0 Å².